The minimum absolute atomic E-state index is 0.192. The topological polar surface area (TPSA) is 32.3 Å². The maximum atomic E-state index is 12.2. The lowest BCUT2D eigenvalue weighted by molar-refractivity contribution is -0.135. The van der Waals surface area contributed by atoms with E-state index in [4.69, 9.17) is 0 Å². The van der Waals surface area contributed by atoms with Crippen LogP contribution in [0, 0.1) is 17.8 Å². The quantitative estimate of drug-likeness (QED) is 0.792. The van der Waals surface area contributed by atoms with Gasteiger partial charge in [0.05, 0.1) is 5.92 Å². The Morgan fingerprint density at radius 2 is 2.19 bits per heavy atom. The average Bonchev–Trinajstić information content (AvgIpc) is 2.27. The van der Waals surface area contributed by atoms with E-state index in [1.165, 1.54) is 0 Å². The zero-order valence-corrected chi connectivity index (χ0v) is 11.1. The molecule has 0 saturated carbocycles. The van der Waals surface area contributed by atoms with E-state index in [0.29, 0.717) is 17.7 Å². The van der Waals surface area contributed by atoms with Gasteiger partial charge in [-0.05, 0) is 24.8 Å². The van der Waals surface area contributed by atoms with Crippen LogP contribution >= 0.6 is 0 Å². The molecule has 1 fully saturated rings. The van der Waals surface area contributed by atoms with Gasteiger partial charge >= 0.3 is 0 Å². The highest BCUT2D eigenvalue weighted by molar-refractivity contribution is 5.79. The van der Waals surface area contributed by atoms with Gasteiger partial charge in [0.25, 0.3) is 0 Å². The third-order valence-corrected chi connectivity index (χ3v) is 3.58. The van der Waals surface area contributed by atoms with Crippen LogP contribution in [0.2, 0.25) is 0 Å². The average molecular weight is 226 g/mol. The van der Waals surface area contributed by atoms with Gasteiger partial charge in [-0.3, -0.25) is 4.79 Å². The van der Waals surface area contributed by atoms with E-state index in [1.807, 2.05) is 11.9 Å². The molecule has 1 aliphatic heterocycles. The van der Waals surface area contributed by atoms with Crippen LogP contribution in [0.1, 0.15) is 33.6 Å². The number of hydrogen-bond acceptors (Lipinski definition) is 2. The summed E-state index contributed by atoms with van der Waals surface area (Å²) < 4.78 is 0. The van der Waals surface area contributed by atoms with Gasteiger partial charge < -0.3 is 10.2 Å². The van der Waals surface area contributed by atoms with Crippen molar-refractivity contribution in [3.63, 3.8) is 0 Å². The first-order chi connectivity index (χ1) is 7.54. The second-order valence-corrected chi connectivity index (χ2v) is 5.43. The summed E-state index contributed by atoms with van der Waals surface area (Å²) in [5, 5.41) is 3.34. The summed E-state index contributed by atoms with van der Waals surface area (Å²) in [6.07, 6.45) is 2.17. The fourth-order valence-corrected chi connectivity index (χ4v) is 2.34. The van der Waals surface area contributed by atoms with Gasteiger partial charge in [0.15, 0.2) is 0 Å². The van der Waals surface area contributed by atoms with Crippen molar-refractivity contribution in [2.75, 3.05) is 26.7 Å². The summed E-state index contributed by atoms with van der Waals surface area (Å²) in [5.41, 5.74) is 0. The Balaban J connectivity index is 2.43. The number of piperidine rings is 1. The fraction of sp³-hybridized carbons (Fsp3) is 0.923. The summed E-state index contributed by atoms with van der Waals surface area (Å²) in [7, 11) is 1.94. The molecule has 0 radical (unpaired) electrons. The van der Waals surface area contributed by atoms with E-state index in [9.17, 15) is 4.79 Å². The second kappa shape index (κ2) is 6.24. The van der Waals surface area contributed by atoms with Crippen molar-refractivity contribution in [1.29, 1.82) is 0 Å². The molecule has 0 spiro atoms. The van der Waals surface area contributed by atoms with Gasteiger partial charge in [-0.2, -0.15) is 0 Å². The van der Waals surface area contributed by atoms with Crippen LogP contribution in [0.25, 0.3) is 0 Å². The summed E-state index contributed by atoms with van der Waals surface area (Å²) >= 11 is 0. The van der Waals surface area contributed by atoms with Crippen molar-refractivity contribution in [2.45, 2.75) is 33.6 Å². The minimum atomic E-state index is 0.192. The first-order valence-electron chi connectivity index (χ1n) is 6.50. The SMILES string of the molecule is CCC(C)CN(C)C(=O)C1CNCC(C)C1. The Labute approximate surface area is 99.6 Å². The molecule has 0 aromatic heterocycles. The van der Waals surface area contributed by atoms with E-state index in [2.05, 4.69) is 26.1 Å². The standard InChI is InChI=1S/C13H26N2O/c1-5-10(2)9-15(4)13(16)12-6-11(3)7-14-8-12/h10-12,14H,5-9H2,1-4H3. The highest BCUT2D eigenvalue weighted by Crippen LogP contribution is 2.18. The van der Waals surface area contributed by atoms with Crippen LogP contribution < -0.4 is 5.32 Å². The highest BCUT2D eigenvalue weighted by atomic mass is 16.2. The molecule has 3 atom stereocenters. The Kier molecular flexibility index (Phi) is 5.26. The molecule has 1 amide bonds. The molecule has 3 heteroatoms. The molecule has 0 aliphatic carbocycles. The largest absolute Gasteiger partial charge is 0.345 e. The number of hydrogen-bond donors (Lipinski definition) is 1. The third kappa shape index (κ3) is 3.78. The van der Waals surface area contributed by atoms with E-state index in [-0.39, 0.29) is 5.92 Å². The molecule has 1 rings (SSSR count). The first kappa shape index (κ1) is 13.5. The molecule has 0 aromatic carbocycles. The lowest BCUT2D eigenvalue weighted by Crippen LogP contribution is -2.44. The zero-order chi connectivity index (χ0) is 12.1. The lowest BCUT2D eigenvalue weighted by Gasteiger charge is -2.31. The van der Waals surface area contributed by atoms with E-state index >= 15 is 0 Å². The highest BCUT2D eigenvalue weighted by Gasteiger charge is 2.27. The number of rotatable bonds is 4. The minimum Gasteiger partial charge on any atom is -0.345 e. The fourth-order valence-electron chi connectivity index (χ4n) is 2.34. The van der Waals surface area contributed by atoms with Crippen LogP contribution in [0.4, 0.5) is 0 Å². The van der Waals surface area contributed by atoms with E-state index in [0.717, 1.165) is 32.5 Å². The monoisotopic (exact) mass is 226 g/mol. The maximum absolute atomic E-state index is 12.2. The smallest absolute Gasteiger partial charge is 0.226 e. The Bertz CT molecular complexity index is 230. The molecule has 3 unspecified atom stereocenters. The molecule has 1 aliphatic rings. The molecule has 94 valence electrons. The van der Waals surface area contributed by atoms with Crippen LogP contribution in [0.15, 0.2) is 0 Å². The summed E-state index contributed by atoms with van der Waals surface area (Å²) in [6.45, 7) is 9.38. The van der Waals surface area contributed by atoms with Crippen LogP contribution in [-0.4, -0.2) is 37.5 Å². The number of carbonyl (C=O) groups excluding carboxylic acids is 1. The molecule has 1 N–H and O–H groups in total. The van der Waals surface area contributed by atoms with Crippen molar-refractivity contribution in [3.05, 3.63) is 0 Å². The number of nitrogens with one attached hydrogen (secondary N) is 1. The van der Waals surface area contributed by atoms with Crippen LogP contribution in [0.5, 0.6) is 0 Å². The molecule has 16 heavy (non-hydrogen) atoms. The Hall–Kier alpha value is -0.570. The van der Waals surface area contributed by atoms with Crippen molar-refractivity contribution in [1.82, 2.24) is 10.2 Å². The first-order valence-corrected chi connectivity index (χ1v) is 6.50. The van der Waals surface area contributed by atoms with Gasteiger partial charge in [-0.25, -0.2) is 0 Å². The molecule has 0 aromatic rings. The number of amides is 1. The lowest BCUT2D eigenvalue weighted by atomic mass is 9.90. The van der Waals surface area contributed by atoms with Crippen LogP contribution in [-0.2, 0) is 4.79 Å². The number of carbonyl (C=O) groups is 1. The predicted molar refractivity (Wildman–Crippen MR) is 67.2 cm³/mol. The maximum Gasteiger partial charge on any atom is 0.226 e. The summed E-state index contributed by atoms with van der Waals surface area (Å²) in [6, 6.07) is 0. The Morgan fingerprint density at radius 1 is 1.50 bits per heavy atom. The van der Waals surface area contributed by atoms with Gasteiger partial charge in [0.1, 0.15) is 0 Å². The van der Waals surface area contributed by atoms with Crippen molar-refractivity contribution < 1.29 is 4.79 Å². The third-order valence-electron chi connectivity index (χ3n) is 3.58. The van der Waals surface area contributed by atoms with Gasteiger partial charge in [0, 0.05) is 20.1 Å². The van der Waals surface area contributed by atoms with Crippen LogP contribution in [0.3, 0.4) is 0 Å². The number of nitrogens with zero attached hydrogens (tertiary/aromatic N) is 1. The molecule has 0 bridgehead atoms. The molecule has 1 heterocycles. The van der Waals surface area contributed by atoms with Gasteiger partial charge in [0.2, 0.25) is 5.91 Å². The molecule has 1 saturated heterocycles. The normalized spacial score (nSPS) is 27.5. The zero-order valence-electron chi connectivity index (χ0n) is 11.1. The predicted octanol–water partition coefficient (Wildman–Crippen LogP) is 1.74. The van der Waals surface area contributed by atoms with Gasteiger partial charge in [-0.1, -0.05) is 27.2 Å². The molecular weight excluding hydrogens is 200 g/mol. The van der Waals surface area contributed by atoms with Crippen molar-refractivity contribution >= 4 is 5.91 Å². The summed E-state index contributed by atoms with van der Waals surface area (Å²) in [4.78, 5) is 14.1. The van der Waals surface area contributed by atoms with Gasteiger partial charge in [-0.15, -0.1) is 0 Å². The Morgan fingerprint density at radius 3 is 2.75 bits per heavy atom. The van der Waals surface area contributed by atoms with Crippen molar-refractivity contribution in [2.24, 2.45) is 17.8 Å². The molecule has 3 nitrogen and oxygen atoms in total. The molecular formula is C13H26N2O. The summed E-state index contributed by atoms with van der Waals surface area (Å²) in [5.74, 6) is 1.74. The van der Waals surface area contributed by atoms with Crippen molar-refractivity contribution in [3.8, 4) is 0 Å². The van der Waals surface area contributed by atoms with E-state index in [1.54, 1.807) is 0 Å². The second-order valence-electron chi connectivity index (χ2n) is 5.43. The van der Waals surface area contributed by atoms with E-state index < -0.39 is 0 Å².